The zero-order valence-corrected chi connectivity index (χ0v) is 12.0. The minimum Gasteiger partial charge on any atom is -0.325 e. The van der Waals surface area contributed by atoms with E-state index in [4.69, 9.17) is 5.73 Å². The summed E-state index contributed by atoms with van der Waals surface area (Å²) in [5.74, 6) is 0. The molecule has 0 amide bonds. The van der Waals surface area contributed by atoms with E-state index < -0.39 is 0 Å². The molecule has 2 aromatic rings. The van der Waals surface area contributed by atoms with Crippen molar-refractivity contribution >= 4 is 21.6 Å². The van der Waals surface area contributed by atoms with Gasteiger partial charge in [0.25, 0.3) is 0 Å². The lowest BCUT2D eigenvalue weighted by Crippen LogP contribution is -2.10. The molecule has 0 bridgehead atoms. The van der Waals surface area contributed by atoms with Gasteiger partial charge in [-0.2, -0.15) is 5.10 Å². The second kappa shape index (κ2) is 4.38. The second-order valence-electron chi connectivity index (χ2n) is 5.37. The molecule has 0 fully saturated rings. The molecule has 5 heteroatoms. The molecule has 0 atom stereocenters. The van der Waals surface area contributed by atoms with Crippen LogP contribution in [0.5, 0.6) is 0 Å². The highest BCUT2D eigenvalue weighted by molar-refractivity contribution is 9.10. The van der Waals surface area contributed by atoms with Gasteiger partial charge in [0.2, 0.25) is 0 Å². The monoisotopic (exact) mass is 296 g/mol. The summed E-state index contributed by atoms with van der Waals surface area (Å²) in [6.07, 6.45) is 2.67. The molecule has 0 aliphatic carbocycles. The van der Waals surface area contributed by atoms with E-state index in [1.54, 1.807) is 6.20 Å². The molecule has 0 saturated heterocycles. The van der Waals surface area contributed by atoms with E-state index in [1.807, 2.05) is 10.6 Å². The van der Waals surface area contributed by atoms with Crippen molar-refractivity contribution in [2.75, 3.05) is 0 Å². The van der Waals surface area contributed by atoms with Gasteiger partial charge in [0, 0.05) is 12.7 Å². The summed E-state index contributed by atoms with van der Waals surface area (Å²) in [7, 11) is 0. The Morgan fingerprint density at radius 1 is 1.41 bits per heavy atom. The van der Waals surface area contributed by atoms with E-state index in [9.17, 15) is 0 Å². The van der Waals surface area contributed by atoms with Gasteiger partial charge >= 0.3 is 0 Å². The molecule has 17 heavy (non-hydrogen) atoms. The highest BCUT2D eigenvalue weighted by Gasteiger charge is 2.19. The standard InChI is InChI=1S/C12H17BrN4/c1-12(2,3)6-9-10(13)11-15-5-4-8(7-14)17(11)16-9/h4-5H,6-7,14H2,1-3H3. The summed E-state index contributed by atoms with van der Waals surface area (Å²) in [5, 5.41) is 4.60. The molecule has 0 aliphatic rings. The maximum absolute atomic E-state index is 5.70. The number of nitrogens with zero attached hydrogens (tertiary/aromatic N) is 3. The third-order valence-corrected chi connectivity index (χ3v) is 3.33. The van der Waals surface area contributed by atoms with E-state index >= 15 is 0 Å². The Balaban J connectivity index is 2.56. The Morgan fingerprint density at radius 3 is 2.71 bits per heavy atom. The molecule has 0 unspecified atom stereocenters. The molecule has 0 spiro atoms. The van der Waals surface area contributed by atoms with Crippen LogP contribution in [0.3, 0.4) is 0 Å². The number of aromatic nitrogens is 3. The van der Waals surface area contributed by atoms with Crippen molar-refractivity contribution in [3.8, 4) is 0 Å². The highest BCUT2D eigenvalue weighted by atomic mass is 79.9. The van der Waals surface area contributed by atoms with E-state index in [2.05, 4.69) is 46.8 Å². The van der Waals surface area contributed by atoms with Crippen LogP contribution < -0.4 is 5.73 Å². The van der Waals surface area contributed by atoms with Gasteiger partial charge in [0.1, 0.15) is 0 Å². The predicted octanol–water partition coefficient (Wildman–Crippen LogP) is 2.54. The van der Waals surface area contributed by atoms with Crippen molar-refractivity contribution in [3.63, 3.8) is 0 Å². The molecule has 0 aromatic carbocycles. The average Bonchev–Trinajstić information content (AvgIpc) is 2.54. The Bertz CT molecular complexity index is 539. The molecule has 2 aromatic heterocycles. The van der Waals surface area contributed by atoms with Crippen molar-refractivity contribution in [1.29, 1.82) is 0 Å². The minimum absolute atomic E-state index is 0.198. The number of nitrogens with two attached hydrogens (primary N) is 1. The first-order valence-electron chi connectivity index (χ1n) is 5.63. The number of fused-ring (bicyclic) bond motifs is 1. The van der Waals surface area contributed by atoms with Crippen molar-refractivity contribution in [1.82, 2.24) is 14.6 Å². The summed E-state index contributed by atoms with van der Waals surface area (Å²) in [6, 6.07) is 1.90. The summed E-state index contributed by atoms with van der Waals surface area (Å²) in [4.78, 5) is 4.34. The predicted molar refractivity (Wildman–Crippen MR) is 71.7 cm³/mol. The zero-order chi connectivity index (χ0) is 12.6. The van der Waals surface area contributed by atoms with Crippen LogP contribution in [-0.2, 0) is 13.0 Å². The third kappa shape index (κ3) is 2.50. The summed E-state index contributed by atoms with van der Waals surface area (Å²) < 4.78 is 2.80. The maximum atomic E-state index is 5.70. The average molecular weight is 297 g/mol. The fourth-order valence-electron chi connectivity index (χ4n) is 1.78. The first kappa shape index (κ1) is 12.5. The molecule has 2 rings (SSSR count). The van der Waals surface area contributed by atoms with Gasteiger partial charge in [0.05, 0.1) is 15.9 Å². The topological polar surface area (TPSA) is 56.2 Å². The van der Waals surface area contributed by atoms with Crippen LogP contribution in [0.2, 0.25) is 0 Å². The molecule has 0 saturated carbocycles. The zero-order valence-electron chi connectivity index (χ0n) is 10.4. The molecule has 92 valence electrons. The lowest BCUT2D eigenvalue weighted by atomic mass is 9.91. The van der Waals surface area contributed by atoms with E-state index in [0.29, 0.717) is 6.54 Å². The van der Waals surface area contributed by atoms with Gasteiger partial charge < -0.3 is 5.73 Å². The van der Waals surface area contributed by atoms with E-state index in [0.717, 1.165) is 27.9 Å². The Kier molecular flexibility index (Phi) is 3.23. The summed E-state index contributed by atoms with van der Waals surface area (Å²) >= 11 is 3.58. The van der Waals surface area contributed by atoms with Gasteiger partial charge in [-0.15, -0.1) is 0 Å². The smallest absolute Gasteiger partial charge is 0.169 e. The SMILES string of the molecule is CC(C)(C)Cc1nn2c(CN)ccnc2c1Br. The lowest BCUT2D eigenvalue weighted by molar-refractivity contribution is 0.404. The van der Waals surface area contributed by atoms with Crippen molar-refractivity contribution in [2.24, 2.45) is 11.1 Å². The van der Waals surface area contributed by atoms with Gasteiger partial charge in [-0.1, -0.05) is 20.8 Å². The first-order valence-corrected chi connectivity index (χ1v) is 6.43. The van der Waals surface area contributed by atoms with Crippen molar-refractivity contribution < 1.29 is 0 Å². The van der Waals surface area contributed by atoms with Crippen LogP contribution in [0.1, 0.15) is 32.2 Å². The molecular formula is C12H17BrN4. The van der Waals surface area contributed by atoms with E-state index in [1.165, 1.54) is 0 Å². The second-order valence-corrected chi connectivity index (χ2v) is 6.17. The summed E-state index contributed by atoms with van der Waals surface area (Å²) in [5.41, 5.74) is 8.74. The van der Waals surface area contributed by atoms with Crippen LogP contribution in [-0.4, -0.2) is 14.6 Å². The molecule has 2 heterocycles. The highest BCUT2D eigenvalue weighted by Crippen LogP contribution is 2.28. The number of rotatable bonds is 2. The number of hydrogen-bond acceptors (Lipinski definition) is 3. The molecule has 4 nitrogen and oxygen atoms in total. The molecular weight excluding hydrogens is 280 g/mol. The number of hydrogen-bond donors (Lipinski definition) is 1. The van der Waals surface area contributed by atoms with Crippen LogP contribution in [0, 0.1) is 5.41 Å². The van der Waals surface area contributed by atoms with Crippen molar-refractivity contribution in [3.05, 3.63) is 28.1 Å². The Morgan fingerprint density at radius 2 is 2.12 bits per heavy atom. The molecule has 0 aliphatic heterocycles. The molecule has 2 N–H and O–H groups in total. The van der Waals surface area contributed by atoms with Crippen LogP contribution >= 0.6 is 15.9 Å². The maximum Gasteiger partial charge on any atom is 0.169 e. The number of halogens is 1. The fraction of sp³-hybridized carbons (Fsp3) is 0.500. The van der Waals surface area contributed by atoms with Crippen molar-refractivity contribution in [2.45, 2.75) is 33.7 Å². The Hall–Kier alpha value is -0.940. The largest absolute Gasteiger partial charge is 0.325 e. The quantitative estimate of drug-likeness (QED) is 0.926. The van der Waals surface area contributed by atoms with Crippen LogP contribution in [0.15, 0.2) is 16.7 Å². The lowest BCUT2D eigenvalue weighted by Gasteiger charge is -2.16. The molecule has 0 radical (unpaired) electrons. The summed E-state index contributed by atoms with van der Waals surface area (Å²) in [6.45, 7) is 7.05. The third-order valence-electron chi connectivity index (χ3n) is 2.51. The normalized spacial score (nSPS) is 12.3. The fourth-order valence-corrected chi connectivity index (χ4v) is 2.27. The van der Waals surface area contributed by atoms with Gasteiger partial charge in [0.15, 0.2) is 5.65 Å². The Labute approximate surface area is 109 Å². The first-order chi connectivity index (χ1) is 7.92. The van der Waals surface area contributed by atoms with Gasteiger partial charge in [-0.25, -0.2) is 9.50 Å². The van der Waals surface area contributed by atoms with Crippen LogP contribution in [0.4, 0.5) is 0 Å². The van der Waals surface area contributed by atoms with Gasteiger partial charge in [-0.3, -0.25) is 0 Å². The van der Waals surface area contributed by atoms with Crippen LogP contribution in [0.25, 0.3) is 5.65 Å². The van der Waals surface area contributed by atoms with Gasteiger partial charge in [-0.05, 0) is 33.8 Å². The van der Waals surface area contributed by atoms with E-state index in [-0.39, 0.29) is 5.41 Å². The minimum atomic E-state index is 0.198.